The van der Waals surface area contributed by atoms with Crippen molar-refractivity contribution in [3.8, 4) is 0 Å². The number of nitrogens with zero attached hydrogens (tertiary/aromatic N) is 2. The topological polar surface area (TPSA) is 75.9 Å². The van der Waals surface area contributed by atoms with Crippen molar-refractivity contribution in [3.05, 3.63) is 11.4 Å². The first-order chi connectivity index (χ1) is 10.1. The van der Waals surface area contributed by atoms with E-state index in [0.717, 1.165) is 42.4 Å². The summed E-state index contributed by atoms with van der Waals surface area (Å²) in [6, 6.07) is 0. The number of hydrogen-bond donors (Lipinski definition) is 3. The molecular formula is C16H29N5. The molecule has 1 aliphatic carbocycles. The standard InChI is InChI=1S/C16H29N5/c1-4-8-13-19-14(12(3)15(20-13)21-17)18-11-16(5-2)9-6-7-10-16/h4-11,17H2,1-3H3,(H2,18,19,20,21). The van der Waals surface area contributed by atoms with Crippen LogP contribution in [0.5, 0.6) is 0 Å². The molecule has 0 spiro atoms. The highest BCUT2D eigenvalue weighted by Crippen LogP contribution is 2.41. The molecule has 1 heterocycles. The molecule has 5 heteroatoms. The van der Waals surface area contributed by atoms with E-state index in [1.165, 1.54) is 32.1 Å². The van der Waals surface area contributed by atoms with E-state index in [9.17, 15) is 0 Å². The number of nitrogen functional groups attached to an aromatic ring is 1. The van der Waals surface area contributed by atoms with Gasteiger partial charge in [-0.1, -0.05) is 26.7 Å². The third-order valence-corrected chi connectivity index (χ3v) is 4.85. The minimum absolute atomic E-state index is 0.443. The molecule has 1 saturated carbocycles. The van der Waals surface area contributed by atoms with Gasteiger partial charge in [0.05, 0.1) is 0 Å². The van der Waals surface area contributed by atoms with E-state index in [2.05, 4.69) is 34.6 Å². The van der Waals surface area contributed by atoms with E-state index >= 15 is 0 Å². The van der Waals surface area contributed by atoms with Gasteiger partial charge in [-0.25, -0.2) is 15.8 Å². The van der Waals surface area contributed by atoms with Crippen molar-refractivity contribution in [2.45, 2.75) is 65.7 Å². The molecule has 4 N–H and O–H groups in total. The monoisotopic (exact) mass is 291 g/mol. The SMILES string of the molecule is CCCc1nc(NN)c(C)c(NCC2(CC)CCCC2)n1. The first-order valence-electron chi connectivity index (χ1n) is 8.22. The fourth-order valence-electron chi connectivity index (χ4n) is 3.26. The molecule has 0 bridgehead atoms. The van der Waals surface area contributed by atoms with Crippen LogP contribution in [0, 0.1) is 12.3 Å². The Bertz CT molecular complexity index is 466. The van der Waals surface area contributed by atoms with Crippen molar-refractivity contribution in [1.82, 2.24) is 9.97 Å². The van der Waals surface area contributed by atoms with Gasteiger partial charge >= 0.3 is 0 Å². The summed E-state index contributed by atoms with van der Waals surface area (Å²) in [5, 5.41) is 3.57. The zero-order chi connectivity index (χ0) is 15.3. The number of hydrogen-bond acceptors (Lipinski definition) is 5. The van der Waals surface area contributed by atoms with Crippen molar-refractivity contribution < 1.29 is 0 Å². The van der Waals surface area contributed by atoms with Crippen LogP contribution in [0.25, 0.3) is 0 Å². The maximum atomic E-state index is 5.59. The molecule has 2 rings (SSSR count). The molecular weight excluding hydrogens is 262 g/mol. The van der Waals surface area contributed by atoms with Crippen molar-refractivity contribution in [1.29, 1.82) is 0 Å². The Morgan fingerprint density at radius 3 is 2.38 bits per heavy atom. The summed E-state index contributed by atoms with van der Waals surface area (Å²) in [5.74, 6) is 8.11. The Kier molecular flexibility index (Phi) is 5.39. The summed E-state index contributed by atoms with van der Waals surface area (Å²) >= 11 is 0. The van der Waals surface area contributed by atoms with Crippen LogP contribution in [0.3, 0.4) is 0 Å². The third-order valence-electron chi connectivity index (χ3n) is 4.85. The van der Waals surface area contributed by atoms with Gasteiger partial charge in [-0.05, 0) is 38.0 Å². The van der Waals surface area contributed by atoms with Crippen LogP contribution < -0.4 is 16.6 Å². The fraction of sp³-hybridized carbons (Fsp3) is 0.750. The number of nitrogens with one attached hydrogen (secondary N) is 2. The average molecular weight is 291 g/mol. The predicted octanol–water partition coefficient (Wildman–Crippen LogP) is 3.41. The second kappa shape index (κ2) is 7.07. The average Bonchev–Trinajstić information content (AvgIpc) is 2.97. The van der Waals surface area contributed by atoms with Gasteiger partial charge in [0.1, 0.15) is 17.5 Å². The predicted molar refractivity (Wildman–Crippen MR) is 88.3 cm³/mol. The third kappa shape index (κ3) is 3.64. The van der Waals surface area contributed by atoms with E-state index < -0.39 is 0 Å². The van der Waals surface area contributed by atoms with Crippen LogP contribution in [-0.4, -0.2) is 16.5 Å². The largest absolute Gasteiger partial charge is 0.369 e. The van der Waals surface area contributed by atoms with Gasteiger partial charge in [0.15, 0.2) is 0 Å². The van der Waals surface area contributed by atoms with Crippen molar-refractivity contribution >= 4 is 11.6 Å². The Hall–Kier alpha value is -1.36. The number of nitrogens with two attached hydrogens (primary N) is 1. The normalized spacial score (nSPS) is 17.0. The van der Waals surface area contributed by atoms with Gasteiger partial charge in [-0.2, -0.15) is 0 Å². The highest BCUT2D eigenvalue weighted by atomic mass is 15.3. The molecule has 0 unspecified atom stereocenters. The summed E-state index contributed by atoms with van der Waals surface area (Å²) in [5.41, 5.74) is 4.14. The number of hydrazine groups is 1. The number of aromatic nitrogens is 2. The summed E-state index contributed by atoms with van der Waals surface area (Å²) in [6.45, 7) is 7.45. The molecule has 1 aliphatic rings. The molecule has 1 aromatic heterocycles. The zero-order valence-electron chi connectivity index (χ0n) is 13.6. The van der Waals surface area contributed by atoms with Crippen molar-refractivity contribution in [2.24, 2.45) is 11.3 Å². The molecule has 0 aliphatic heterocycles. The highest BCUT2D eigenvalue weighted by Gasteiger charge is 2.32. The van der Waals surface area contributed by atoms with Gasteiger partial charge in [0.25, 0.3) is 0 Å². The number of aryl methyl sites for hydroxylation is 1. The van der Waals surface area contributed by atoms with E-state index in [1.807, 2.05) is 6.92 Å². The summed E-state index contributed by atoms with van der Waals surface area (Å²) in [7, 11) is 0. The number of anilines is 2. The molecule has 0 atom stereocenters. The molecule has 118 valence electrons. The lowest BCUT2D eigenvalue weighted by atomic mass is 9.83. The van der Waals surface area contributed by atoms with Gasteiger partial charge in [-0.3, -0.25) is 0 Å². The van der Waals surface area contributed by atoms with Crippen LogP contribution >= 0.6 is 0 Å². The second-order valence-corrected chi connectivity index (χ2v) is 6.27. The molecule has 0 saturated heterocycles. The minimum Gasteiger partial charge on any atom is -0.369 e. The molecule has 5 nitrogen and oxygen atoms in total. The second-order valence-electron chi connectivity index (χ2n) is 6.27. The molecule has 0 radical (unpaired) electrons. The van der Waals surface area contributed by atoms with E-state index in [0.29, 0.717) is 5.41 Å². The Morgan fingerprint density at radius 2 is 1.81 bits per heavy atom. The van der Waals surface area contributed by atoms with Crippen LogP contribution in [0.15, 0.2) is 0 Å². The van der Waals surface area contributed by atoms with Crippen LogP contribution in [0.1, 0.15) is 63.8 Å². The van der Waals surface area contributed by atoms with Gasteiger partial charge in [0, 0.05) is 18.5 Å². The zero-order valence-corrected chi connectivity index (χ0v) is 13.6. The molecule has 0 amide bonds. The number of rotatable bonds is 7. The van der Waals surface area contributed by atoms with Gasteiger partial charge in [-0.15, -0.1) is 0 Å². The maximum Gasteiger partial charge on any atom is 0.148 e. The lowest BCUT2D eigenvalue weighted by molar-refractivity contribution is 0.306. The van der Waals surface area contributed by atoms with Gasteiger partial charge < -0.3 is 10.7 Å². The van der Waals surface area contributed by atoms with Crippen LogP contribution in [0.4, 0.5) is 11.6 Å². The summed E-state index contributed by atoms with van der Waals surface area (Å²) in [6.07, 6.45) is 8.50. The van der Waals surface area contributed by atoms with Crippen LogP contribution in [-0.2, 0) is 6.42 Å². The quantitative estimate of drug-likeness (QED) is 0.530. The fourth-order valence-corrected chi connectivity index (χ4v) is 3.26. The molecule has 1 fully saturated rings. The first kappa shape index (κ1) is 16.0. The Labute approximate surface area is 128 Å². The maximum absolute atomic E-state index is 5.59. The van der Waals surface area contributed by atoms with Crippen LogP contribution in [0.2, 0.25) is 0 Å². The lowest BCUT2D eigenvalue weighted by Gasteiger charge is -2.28. The van der Waals surface area contributed by atoms with Crippen molar-refractivity contribution in [2.75, 3.05) is 17.3 Å². The molecule has 1 aromatic rings. The lowest BCUT2D eigenvalue weighted by Crippen LogP contribution is -2.27. The van der Waals surface area contributed by atoms with E-state index in [1.54, 1.807) is 0 Å². The Balaban J connectivity index is 2.16. The first-order valence-corrected chi connectivity index (χ1v) is 8.22. The van der Waals surface area contributed by atoms with E-state index in [-0.39, 0.29) is 0 Å². The smallest absolute Gasteiger partial charge is 0.148 e. The molecule has 21 heavy (non-hydrogen) atoms. The summed E-state index contributed by atoms with van der Waals surface area (Å²) < 4.78 is 0. The van der Waals surface area contributed by atoms with Gasteiger partial charge in [0.2, 0.25) is 0 Å². The van der Waals surface area contributed by atoms with E-state index in [4.69, 9.17) is 5.84 Å². The van der Waals surface area contributed by atoms with Crippen molar-refractivity contribution in [3.63, 3.8) is 0 Å². The summed E-state index contributed by atoms with van der Waals surface area (Å²) in [4.78, 5) is 9.15. The molecule has 0 aromatic carbocycles. The highest BCUT2D eigenvalue weighted by molar-refractivity contribution is 5.56. The minimum atomic E-state index is 0.443. The Morgan fingerprint density at radius 1 is 1.14 bits per heavy atom.